The fourth-order valence-corrected chi connectivity index (χ4v) is 2.54. The van der Waals surface area contributed by atoms with E-state index in [0.29, 0.717) is 0 Å². The predicted octanol–water partition coefficient (Wildman–Crippen LogP) is 3.47. The van der Waals surface area contributed by atoms with E-state index in [1.807, 2.05) is 60.8 Å². The van der Waals surface area contributed by atoms with Gasteiger partial charge >= 0.3 is 5.97 Å². The van der Waals surface area contributed by atoms with Crippen molar-refractivity contribution in [1.82, 2.24) is 4.98 Å². The first kappa shape index (κ1) is 12.5. The number of nitrogens with one attached hydrogen (secondary N) is 1. The number of esters is 1. The second kappa shape index (κ2) is 5.21. The molecular formula is C17H15NO2. The molecule has 1 N–H and O–H groups in total. The molecule has 20 heavy (non-hydrogen) atoms. The maximum Gasteiger partial charge on any atom is 0.317 e. The zero-order valence-electron chi connectivity index (χ0n) is 11.2. The number of hydrogen-bond acceptors (Lipinski definition) is 2. The van der Waals surface area contributed by atoms with Crippen molar-refractivity contribution < 1.29 is 9.53 Å². The van der Waals surface area contributed by atoms with Crippen LogP contribution in [-0.2, 0) is 9.53 Å². The second-order valence-electron chi connectivity index (χ2n) is 4.66. The molecule has 0 fully saturated rings. The second-order valence-corrected chi connectivity index (χ2v) is 4.66. The van der Waals surface area contributed by atoms with Gasteiger partial charge in [-0.3, -0.25) is 4.79 Å². The Balaban J connectivity index is 2.17. The lowest BCUT2D eigenvalue weighted by molar-refractivity contribution is -0.141. The van der Waals surface area contributed by atoms with Gasteiger partial charge in [0.2, 0.25) is 0 Å². The molecule has 3 rings (SSSR count). The fraction of sp³-hybridized carbons (Fsp3) is 0.118. The summed E-state index contributed by atoms with van der Waals surface area (Å²) < 4.78 is 4.99. The molecule has 0 aliphatic rings. The number of rotatable bonds is 3. The number of ether oxygens (including phenoxy) is 1. The number of hydrogen-bond donors (Lipinski definition) is 1. The molecule has 3 aromatic rings. The summed E-state index contributed by atoms with van der Waals surface area (Å²) in [5.74, 6) is -0.654. The van der Waals surface area contributed by atoms with E-state index in [4.69, 9.17) is 4.74 Å². The summed E-state index contributed by atoms with van der Waals surface area (Å²) in [7, 11) is 1.42. The monoisotopic (exact) mass is 265 g/mol. The molecule has 1 atom stereocenters. The van der Waals surface area contributed by atoms with Gasteiger partial charge in [-0.15, -0.1) is 0 Å². The van der Waals surface area contributed by atoms with E-state index in [-0.39, 0.29) is 5.97 Å². The first-order valence-electron chi connectivity index (χ1n) is 6.50. The number of aromatic nitrogens is 1. The minimum absolute atomic E-state index is 0.249. The Morgan fingerprint density at radius 2 is 1.75 bits per heavy atom. The third kappa shape index (κ3) is 2.07. The van der Waals surface area contributed by atoms with E-state index < -0.39 is 5.92 Å². The number of benzene rings is 2. The first-order valence-corrected chi connectivity index (χ1v) is 6.50. The zero-order valence-corrected chi connectivity index (χ0v) is 11.2. The van der Waals surface area contributed by atoms with Crippen LogP contribution in [0.15, 0.2) is 60.8 Å². The van der Waals surface area contributed by atoms with Crippen molar-refractivity contribution >= 4 is 16.9 Å². The quantitative estimate of drug-likeness (QED) is 0.737. The highest BCUT2D eigenvalue weighted by Gasteiger charge is 2.25. The molecule has 3 nitrogen and oxygen atoms in total. The summed E-state index contributed by atoms with van der Waals surface area (Å²) in [6.45, 7) is 0. The maximum atomic E-state index is 12.2. The molecular weight excluding hydrogens is 250 g/mol. The Morgan fingerprint density at radius 1 is 1.05 bits per heavy atom. The van der Waals surface area contributed by atoms with Crippen LogP contribution in [0.3, 0.4) is 0 Å². The highest BCUT2D eigenvalue weighted by atomic mass is 16.5. The Kier molecular flexibility index (Phi) is 3.25. The molecule has 0 radical (unpaired) electrons. The van der Waals surface area contributed by atoms with Gasteiger partial charge in [0.25, 0.3) is 0 Å². The molecule has 0 saturated heterocycles. The van der Waals surface area contributed by atoms with Crippen molar-refractivity contribution in [3.05, 3.63) is 71.9 Å². The van der Waals surface area contributed by atoms with Gasteiger partial charge in [-0.25, -0.2) is 0 Å². The van der Waals surface area contributed by atoms with E-state index in [9.17, 15) is 4.79 Å². The number of H-pyrrole nitrogens is 1. The first-order chi connectivity index (χ1) is 9.81. The summed E-state index contributed by atoms with van der Waals surface area (Å²) in [6, 6.07) is 17.6. The van der Waals surface area contributed by atoms with E-state index in [1.165, 1.54) is 7.11 Å². The SMILES string of the molecule is COC(=O)C(c1ccccc1)c1c[nH]c2ccccc12. The molecule has 0 aliphatic heterocycles. The van der Waals surface area contributed by atoms with Gasteiger partial charge in [0.1, 0.15) is 5.92 Å². The fourth-order valence-electron chi connectivity index (χ4n) is 2.54. The molecule has 0 spiro atoms. The highest BCUT2D eigenvalue weighted by molar-refractivity contribution is 5.92. The van der Waals surface area contributed by atoms with Crippen molar-refractivity contribution in [3.63, 3.8) is 0 Å². The Morgan fingerprint density at radius 3 is 2.50 bits per heavy atom. The number of aromatic amines is 1. The van der Waals surface area contributed by atoms with Gasteiger partial charge in [0.15, 0.2) is 0 Å². The molecule has 0 bridgehead atoms. The average molecular weight is 265 g/mol. The van der Waals surface area contributed by atoms with Crippen molar-refractivity contribution in [2.45, 2.75) is 5.92 Å². The van der Waals surface area contributed by atoms with Crippen LogP contribution in [0.5, 0.6) is 0 Å². The molecule has 100 valence electrons. The van der Waals surface area contributed by atoms with Crippen LogP contribution in [0, 0.1) is 0 Å². The maximum absolute atomic E-state index is 12.2. The topological polar surface area (TPSA) is 42.1 Å². The lowest BCUT2D eigenvalue weighted by Gasteiger charge is -2.14. The van der Waals surface area contributed by atoms with Crippen LogP contribution in [0.2, 0.25) is 0 Å². The van der Waals surface area contributed by atoms with Gasteiger partial charge in [-0.1, -0.05) is 48.5 Å². The van der Waals surface area contributed by atoms with Crippen molar-refractivity contribution in [2.24, 2.45) is 0 Å². The highest BCUT2D eigenvalue weighted by Crippen LogP contribution is 2.31. The normalized spacial score (nSPS) is 12.2. The minimum atomic E-state index is -0.405. The van der Waals surface area contributed by atoms with Gasteiger partial charge in [0.05, 0.1) is 7.11 Å². The van der Waals surface area contributed by atoms with Crippen LogP contribution >= 0.6 is 0 Å². The van der Waals surface area contributed by atoms with Gasteiger partial charge in [-0.05, 0) is 17.2 Å². The third-order valence-electron chi connectivity index (χ3n) is 3.50. The van der Waals surface area contributed by atoms with Crippen molar-refractivity contribution in [1.29, 1.82) is 0 Å². The lowest BCUT2D eigenvalue weighted by Crippen LogP contribution is -2.15. The van der Waals surface area contributed by atoms with Crippen LogP contribution in [-0.4, -0.2) is 18.1 Å². The van der Waals surface area contributed by atoms with Crippen LogP contribution in [0.4, 0.5) is 0 Å². The molecule has 0 saturated carbocycles. The summed E-state index contributed by atoms with van der Waals surface area (Å²) >= 11 is 0. The number of carbonyl (C=O) groups is 1. The zero-order chi connectivity index (χ0) is 13.9. The van der Waals surface area contributed by atoms with Gasteiger partial charge < -0.3 is 9.72 Å². The smallest absolute Gasteiger partial charge is 0.317 e. The standard InChI is InChI=1S/C17H15NO2/c1-20-17(19)16(12-7-3-2-4-8-12)14-11-18-15-10-6-5-9-13(14)15/h2-11,16,18H,1H3. The Bertz CT molecular complexity index is 731. The molecule has 3 heteroatoms. The summed E-state index contributed by atoms with van der Waals surface area (Å²) in [5, 5.41) is 1.05. The minimum Gasteiger partial charge on any atom is -0.468 e. The number of methoxy groups -OCH3 is 1. The van der Waals surface area contributed by atoms with E-state index >= 15 is 0 Å². The third-order valence-corrected chi connectivity index (χ3v) is 3.50. The van der Waals surface area contributed by atoms with Gasteiger partial charge in [0, 0.05) is 17.1 Å². The molecule has 1 unspecified atom stereocenters. The average Bonchev–Trinajstić information content (AvgIpc) is 2.92. The van der Waals surface area contributed by atoms with Crippen molar-refractivity contribution in [3.8, 4) is 0 Å². The number of carbonyl (C=O) groups excluding carboxylic acids is 1. The van der Waals surface area contributed by atoms with E-state index in [1.54, 1.807) is 0 Å². The van der Waals surface area contributed by atoms with Crippen LogP contribution < -0.4 is 0 Å². The Hall–Kier alpha value is -2.55. The summed E-state index contributed by atoms with van der Waals surface area (Å²) in [6.07, 6.45) is 1.89. The van der Waals surface area contributed by atoms with Crippen LogP contribution in [0.1, 0.15) is 17.0 Å². The molecule has 2 aromatic carbocycles. The number of fused-ring (bicyclic) bond motifs is 1. The number of para-hydroxylation sites is 1. The molecule has 1 heterocycles. The van der Waals surface area contributed by atoms with E-state index in [0.717, 1.165) is 22.0 Å². The summed E-state index contributed by atoms with van der Waals surface area (Å²) in [4.78, 5) is 15.4. The van der Waals surface area contributed by atoms with Crippen molar-refractivity contribution in [2.75, 3.05) is 7.11 Å². The Labute approximate surface area is 117 Å². The summed E-state index contributed by atoms with van der Waals surface area (Å²) in [5.41, 5.74) is 2.90. The van der Waals surface area contributed by atoms with E-state index in [2.05, 4.69) is 4.98 Å². The van der Waals surface area contributed by atoms with Gasteiger partial charge in [-0.2, -0.15) is 0 Å². The largest absolute Gasteiger partial charge is 0.468 e. The molecule has 1 aromatic heterocycles. The molecule has 0 aliphatic carbocycles. The van der Waals surface area contributed by atoms with Crippen LogP contribution in [0.25, 0.3) is 10.9 Å². The lowest BCUT2D eigenvalue weighted by atomic mass is 9.91. The molecule has 0 amide bonds. The predicted molar refractivity (Wildman–Crippen MR) is 78.6 cm³/mol.